The zero-order valence-electron chi connectivity index (χ0n) is 30.0. The number of carbonyl (C=O) groups is 2. The highest BCUT2D eigenvalue weighted by Crippen LogP contribution is 2.22. The highest BCUT2D eigenvalue weighted by Gasteiger charge is 2.14. The molecule has 2 aromatic carbocycles. The molecule has 6 rings (SSSR count). The molecule has 52 heavy (non-hydrogen) atoms. The Kier molecular flexibility index (Phi) is 21.4. The summed E-state index contributed by atoms with van der Waals surface area (Å²) in [5.41, 5.74) is 8.99. The number of ether oxygens (including phenoxy) is 3. The molecule has 4 heterocycles. The zero-order valence-corrected chi connectivity index (χ0v) is 34.3. The Balaban J connectivity index is 0.000000261. The predicted molar refractivity (Wildman–Crippen MR) is 216 cm³/mol. The molecule has 0 aliphatic carbocycles. The van der Waals surface area contributed by atoms with Gasteiger partial charge in [-0.05, 0) is 31.2 Å². The van der Waals surface area contributed by atoms with Crippen LogP contribution in [0, 0.1) is 0 Å². The SMILES string of the molecule is CCOC(=O)c1nc2ccncc2s1.COc1ccccc1CN.COc1ccccc1CNC(=O)c1nc2ccncc2s1.ClCCl.[CH3][Al]([CH3])[CH3]. The molecule has 276 valence electrons. The molecule has 0 aliphatic heterocycles. The number of alkyl halides is 2. The number of aromatic nitrogens is 4. The molecule has 3 N–H and O–H groups in total. The van der Waals surface area contributed by atoms with Crippen LogP contribution >= 0.6 is 45.9 Å². The van der Waals surface area contributed by atoms with Crippen LogP contribution in [0.5, 0.6) is 11.5 Å². The highest BCUT2D eigenvalue weighted by atomic mass is 35.5. The van der Waals surface area contributed by atoms with Gasteiger partial charge in [-0.15, -0.1) is 63.2 Å². The second kappa shape index (κ2) is 25.2. The highest BCUT2D eigenvalue weighted by molar-refractivity contribution is 7.20. The number of benzene rings is 2. The van der Waals surface area contributed by atoms with E-state index in [1.54, 1.807) is 58.1 Å². The molecule has 0 saturated carbocycles. The molecule has 0 unspecified atom stereocenters. The smallest absolute Gasteiger partial charge is 0.367 e. The van der Waals surface area contributed by atoms with Gasteiger partial charge in [-0.25, -0.2) is 14.8 Å². The minimum absolute atomic E-state index is 0.139. The van der Waals surface area contributed by atoms with Crippen molar-refractivity contribution in [2.24, 2.45) is 5.73 Å². The largest absolute Gasteiger partial charge is 0.496 e. The Morgan fingerprint density at radius 2 is 1.25 bits per heavy atom. The van der Waals surface area contributed by atoms with Gasteiger partial charge < -0.3 is 25.3 Å². The molecule has 16 heteroatoms. The summed E-state index contributed by atoms with van der Waals surface area (Å²) in [4.78, 5) is 39.9. The average Bonchev–Trinajstić information content (AvgIpc) is 3.80. The molecule has 11 nitrogen and oxygen atoms in total. The topological polar surface area (TPSA) is 151 Å². The van der Waals surface area contributed by atoms with E-state index < -0.39 is 0 Å². The second-order valence-corrected chi connectivity index (χ2v) is 17.1. The van der Waals surface area contributed by atoms with Gasteiger partial charge in [0.05, 0.1) is 46.6 Å². The van der Waals surface area contributed by atoms with Crippen LogP contribution in [0.4, 0.5) is 0 Å². The zero-order chi connectivity index (χ0) is 38.3. The number of thiazole rings is 2. The van der Waals surface area contributed by atoms with E-state index in [2.05, 4.69) is 42.6 Å². The van der Waals surface area contributed by atoms with Crippen molar-refractivity contribution in [3.63, 3.8) is 0 Å². The lowest BCUT2D eigenvalue weighted by Crippen LogP contribution is -2.22. The van der Waals surface area contributed by atoms with Gasteiger partial charge in [-0.3, -0.25) is 14.8 Å². The lowest BCUT2D eigenvalue weighted by Gasteiger charge is -2.08. The van der Waals surface area contributed by atoms with Crippen LogP contribution in [0.25, 0.3) is 20.4 Å². The summed E-state index contributed by atoms with van der Waals surface area (Å²) in [5, 5.41) is 3.88. The van der Waals surface area contributed by atoms with Crippen LogP contribution in [0.2, 0.25) is 17.4 Å². The van der Waals surface area contributed by atoms with Crippen molar-refractivity contribution in [1.82, 2.24) is 25.3 Å². The Morgan fingerprint density at radius 1 is 0.788 bits per heavy atom. The van der Waals surface area contributed by atoms with Crippen LogP contribution in [-0.4, -0.2) is 72.1 Å². The van der Waals surface area contributed by atoms with Crippen molar-refractivity contribution in [3.05, 3.63) is 107 Å². The van der Waals surface area contributed by atoms with Crippen molar-refractivity contribution in [1.29, 1.82) is 0 Å². The van der Waals surface area contributed by atoms with E-state index in [9.17, 15) is 9.59 Å². The standard InChI is InChI=1S/C15H13N3O2S.C9H8N2O2S.C8H11NO.CH2Cl2.3CH3.Al/c1-20-12-5-3-2-4-10(12)8-17-14(19)15-18-11-6-7-16-9-13(11)21-15;1-2-13-9(12)8-11-6-3-4-10-5-7(6)14-8;1-10-8-5-3-2-4-7(8)6-9;2-1-3;;;;/h2-7,9H,8H2,1H3,(H,17,19);3-5H,2H2,1H3;2-5H,6,9H2,1H3;1H2;3*1H3;. The number of hydrogen-bond acceptors (Lipinski definition) is 12. The Hall–Kier alpha value is -3.87. The number of esters is 1. The van der Waals surface area contributed by atoms with Gasteiger partial charge in [0, 0.05) is 49.0 Å². The van der Waals surface area contributed by atoms with Gasteiger partial charge in [0.1, 0.15) is 11.5 Å². The first-order chi connectivity index (χ1) is 25.1. The fraction of sp³-hybridized carbons (Fsp3) is 0.278. The maximum atomic E-state index is 12.2. The van der Waals surface area contributed by atoms with Gasteiger partial charge >= 0.3 is 5.97 Å². The summed E-state index contributed by atoms with van der Waals surface area (Å²) >= 11 is 12.0. The Morgan fingerprint density at radius 3 is 1.71 bits per heavy atom. The first-order valence-electron chi connectivity index (χ1n) is 16.0. The molecule has 6 aromatic rings. The number of rotatable bonds is 8. The maximum Gasteiger partial charge on any atom is 0.367 e. The fourth-order valence-electron chi connectivity index (χ4n) is 3.91. The molecule has 1 amide bonds. The van der Waals surface area contributed by atoms with Gasteiger partial charge in [0.25, 0.3) is 20.1 Å². The van der Waals surface area contributed by atoms with Crippen LogP contribution in [-0.2, 0) is 17.8 Å². The van der Waals surface area contributed by atoms with E-state index >= 15 is 0 Å². The van der Waals surface area contributed by atoms with E-state index in [0.717, 1.165) is 43.1 Å². The predicted octanol–water partition coefficient (Wildman–Crippen LogP) is 8.44. The summed E-state index contributed by atoms with van der Waals surface area (Å²) in [7, 11) is 3.26. The van der Waals surface area contributed by atoms with Crippen molar-refractivity contribution >= 4 is 92.3 Å². The quantitative estimate of drug-likeness (QED) is 0.0872. The minimum atomic E-state index is -0.367. The van der Waals surface area contributed by atoms with E-state index in [1.165, 1.54) is 22.7 Å². The molecular weight excluding hydrogens is 758 g/mol. The molecule has 0 bridgehead atoms. The molecule has 0 fully saturated rings. The number of pyridine rings is 2. The number of nitrogens with one attached hydrogen (secondary N) is 1. The third-order valence-corrected chi connectivity index (χ3v) is 8.06. The number of halogens is 2. The van der Waals surface area contributed by atoms with E-state index in [-0.39, 0.29) is 31.4 Å². The lowest BCUT2D eigenvalue weighted by atomic mass is 10.2. The molecule has 0 atom stereocenters. The van der Waals surface area contributed by atoms with Crippen LogP contribution in [0.1, 0.15) is 37.7 Å². The first-order valence-corrected chi connectivity index (χ1v) is 22.2. The van der Waals surface area contributed by atoms with Gasteiger partial charge in [-0.1, -0.05) is 36.4 Å². The summed E-state index contributed by atoms with van der Waals surface area (Å²) in [6.45, 7) is 3.07. The lowest BCUT2D eigenvalue weighted by molar-refractivity contribution is 0.0526. The average molecular weight is 802 g/mol. The third-order valence-electron chi connectivity index (χ3n) is 6.07. The first kappa shape index (κ1) is 44.3. The summed E-state index contributed by atoms with van der Waals surface area (Å²) < 4.78 is 17.0. The minimum Gasteiger partial charge on any atom is -0.496 e. The number of carbonyl (C=O) groups excluding carboxylic acids is 2. The molecule has 0 radical (unpaired) electrons. The van der Waals surface area contributed by atoms with E-state index in [0.29, 0.717) is 29.7 Å². The van der Waals surface area contributed by atoms with Gasteiger partial charge in [0.15, 0.2) is 5.01 Å². The number of nitrogens with two attached hydrogens (primary N) is 1. The van der Waals surface area contributed by atoms with Crippen molar-refractivity contribution in [2.75, 3.05) is 26.2 Å². The summed E-state index contributed by atoms with van der Waals surface area (Å²) in [5.74, 6) is 7.98. The number of methoxy groups -OCH3 is 2. The second-order valence-electron chi connectivity index (χ2n) is 10.8. The van der Waals surface area contributed by atoms with Crippen molar-refractivity contribution < 1.29 is 23.8 Å². The van der Waals surface area contributed by atoms with Gasteiger partial charge in [0.2, 0.25) is 5.01 Å². The van der Waals surface area contributed by atoms with E-state index in [1.807, 2.05) is 48.5 Å². The maximum absolute atomic E-state index is 12.2. The summed E-state index contributed by atoms with van der Waals surface area (Å²) in [6.07, 6.45) is 6.72. The van der Waals surface area contributed by atoms with Crippen molar-refractivity contribution in [3.8, 4) is 11.5 Å². The summed E-state index contributed by atoms with van der Waals surface area (Å²) in [6, 6.07) is 18.9. The number of fused-ring (bicyclic) bond motifs is 2. The Bertz CT molecular complexity index is 1850. The number of para-hydroxylation sites is 2. The number of hydrogen-bond donors (Lipinski definition) is 2. The fourth-order valence-corrected chi connectivity index (χ4v) is 5.58. The van der Waals surface area contributed by atoms with Gasteiger partial charge in [-0.2, -0.15) is 0 Å². The van der Waals surface area contributed by atoms with E-state index in [4.69, 9.17) is 43.1 Å². The number of nitrogens with zero attached hydrogens (tertiary/aromatic N) is 4. The van der Waals surface area contributed by atoms with Crippen LogP contribution in [0.3, 0.4) is 0 Å². The molecule has 0 saturated heterocycles. The molecule has 0 aliphatic rings. The van der Waals surface area contributed by atoms with Crippen LogP contribution < -0.4 is 20.5 Å². The normalized spacial score (nSPS) is 9.71. The molecule has 4 aromatic heterocycles. The number of amides is 1. The molecular formula is C36H43AlCl2N6O5S2. The monoisotopic (exact) mass is 800 g/mol. The van der Waals surface area contributed by atoms with Crippen molar-refractivity contribution in [2.45, 2.75) is 37.4 Å². The Labute approximate surface area is 326 Å². The molecule has 0 spiro atoms. The van der Waals surface area contributed by atoms with Crippen LogP contribution in [0.15, 0.2) is 85.5 Å². The third kappa shape index (κ3) is 15.4.